The van der Waals surface area contributed by atoms with Crippen molar-refractivity contribution < 1.29 is 62.5 Å². The van der Waals surface area contributed by atoms with Gasteiger partial charge in [-0.25, -0.2) is 0 Å². The molecule has 0 heterocycles. The van der Waals surface area contributed by atoms with Gasteiger partial charge in [0.25, 0.3) is 0 Å². The SMILES string of the molecule is O=[Si]([O-])[O-].[Li+].[Mg+2].[Na+]. The third-order valence-electron chi connectivity index (χ3n) is 0. The van der Waals surface area contributed by atoms with Gasteiger partial charge in [-0.15, -0.1) is 0 Å². The second kappa shape index (κ2) is 15.7. The largest absolute Gasteiger partial charge is 2.00 e. The molecule has 0 saturated heterocycles. The second-order valence-corrected chi connectivity index (χ2v) is 0.750. The molecule has 0 amide bonds. The Kier molecular flexibility index (Phi) is 51.6. The van der Waals surface area contributed by atoms with E-state index in [0.29, 0.717) is 0 Å². The van der Waals surface area contributed by atoms with Crippen LogP contribution in [0.2, 0.25) is 0 Å². The number of rotatable bonds is 0. The van der Waals surface area contributed by atoms with Gasteiger partial charge in [0, 0.05) is 9.17 Å². The maximum atomic E-state index is 8.52. The average Bonchev–Trinajstić information content (AvgIpc) is 0.811. The molecule has 0 N–H and O–H groups in total. The van der Waals surface area contributed by atoms with Crippen molar-refractivity contribution in [2.75, 3.05) is 0 Å². The molecule has 7 heavy (non-hydrogen) atoms. The molecule has 0 spiro atoms. The normalized spacial score (nSPS) is 3.43. The zero-order valence-electron chi connectivity index (χ0n) is 4.43. The van der Waals surface area contributed by atoms with Gasteiger partial charge in [-0.2, -0.15) is 0 Å². The minimum absolute atomic E-state index is 0. The Bertz CT molecular complexity index is 37.9. The Morgan fingerprint density at radius 2 is 1.29 bits per heavy atom. The Hall–Kier alpha value is 1.98. The van der Waals surface area contributed by atoms with Crippen LogP contribution in [0, 0.1) is 0 Å². The maximum absolute atomic E-state index is 8.52. The Labute approximate surface area is 93.4 Å². The van der Waals surface area contributed by atoms with Gasteiger partial charge in [0.15, 0.2) is 0 Å². The van der Waals surface area contributed by atoms with E-state index in [4.69, 9.17) is 14.1 Å². The summed E-state index contributed by atoms with van der Waals surface area (Å²) in [5.74, 6) is 0. The van der Waals surface area contributed by atoms with E-state index in [1.165, 1.54) is 0 Å². The number of hydrogen-bond acceptors (Lipinski definition) is 3. The van der Waals surface area contributed by atoms with E-state index in [0.717, 1.165) is 0 Å². The first kappa shape index (κ1) is 23.1. The zero-order chi connectivity index (χ0) is 3.58. The third-order valence-corrected chi connectivity index (χ3v) is 0. The van der Waals surface area contributed by atoms with Crippen LogP contribution < -0.4 is 58.0 Å². The summed E-state index contributed by atoms with van der Waals surface area (Å²) in [4.78, 5) is 17.0. The van der Waals surface area contributed by atoms with Crippen molar-refractivity contribution in [3.8, 4) is 0 Å². The second-order valence-electron chi connectivity index (χ2n) is 0.250. The van der Waals surface area contributed by atoms with Crippen molar-refractivity contribution in [1.29, 1.82) is 0 Å². The summed E-state index contributed by atoms with van der Waals surface area (Å²) in [5, 5.41) is 0. The molecule has 3 nitrogen and oxygen atoms in total. The van der Waals surface area contributed by atoms with Crippen molar-refractivity contribution in [2.45, 2.75) is 0 Å². The van der Waals surface area contributed by atoms with Crippen LogP contribution in [-0.2, 0) is 4.46 Å². The van der Waals surface area contributed by atoms with Gasteiger partial charge in [-0.05, 0) is 0 Å². The smallest absolute Gasteiger partial charge is 0.672 e. The van der Waals surface area contributed by atoms with Crippen molar-refractivity contribution in [3.05, 3.63) is 0 Å². The Morgan fingerprint density at radius 3 is 1.29 bits per heavy atom. The molecule has 0 atom stereocenters. The molecule has 0 aliphatic heterocycles. The average molecular weight is 130 g/mol. The minimum Gasteiger partial charge on any atom is -0.672 e. The Balaban J connectivity index is -0.0000000150. The van der Waals surface area contributed by atoms with Crippen LogP contribution in [0.3, 0.4) is 0 Å². The van der Waals surface area contributed by atoms with Crippen LogP contribution in [0.25, 0.3) is 0 Å². The van der Waals surface area contributed by atoms with E-state index in [2.05, 4.69) is 0 Å². The summed E-state index contributed by atoms with van der Waals surface area (Å²) >= 11 is 0. The molecule has 0 aromatic carbocycles. The van der Waals surface area contributed by atoms with Gasteiger partial charge in [0.2, 0.25) is 0 Å². The fourth-order valence-corrected chi connectivity index (χ4v) is 0. The Morgan fingerprint density at radius 1 is 1.29 bits per heavy atom. The monoisotopic (exact) mass is 130 g/mol. The van der Waals surface area contributed by atoms with Gasteiger partial charge in [0.1, 0.15) is 0 Å². The molecule has 24 valence electrons. The molecule has 0 aromatic rings. The topological polar surface area (TPSA) is 63.2 Å². The molecule has 0 bridgehead atoms. The van der Waals surface area contributed by atoms with E-state index in [9.17, 15) is 0 Å². The fraction of sp³-hybridized carbons (Fsp3) is 0. The van der Waals surface area contributed by atoms with Crippen LogP contribution in [0.5, 0.6) is 0 Å². The van der Waals surface area contributed by atoms with Crippen molar-refractivity contribution in [2.24, 2.45) is 0 Å². The molecular weight excluding hydrogens is 130 g/mol. The maximum Gasteiger partial charge on any atom is 2.00 e. The summed E-state index contributed by atoms with van der Waals surface area (Å²) in [7, 11) is -3.63. The molecule has 0 aliphatic rings. The molecule has 0 aliphatic carbocycles. The predicted octanol–water partition coefficient (Wildman–Crippen LogP) is -9.25. The molecule has 0 rings (SSSR count). The van der Waals surface area contributed by atoms with Crippen LogP contribution >= 0.6 is 0 Å². The van der Waals surface area contributed by atoms with Crippen molar-refractivity contribution in [1.82, 2.24) is 0 Å². The molecule has 7 heteroatoms. The van der Waals surface area contributed by atoms with E-state index < -0.39 is 9.17 Å². The van der Waals surface area contributed by atoms with Crippen LogP contribution in [-0.4, -0.2) is 32.2 Å². The van der Waals surface area contributed by atoms with Gasteiger partial charge in [-0.1, -0.05) is 0 Å². The summed E-state index contributed by atoms with van der Waals surface area (Å²) in [6.45, 7) is 0. The fourth-order valence-electron chi connectivity index (χ4n) is 0. The summed E-state index contributed by atoms with van der Waals surface area (Å²) in [6.07, 6.45) is 0. The van der Waals surface area contributed by atoms with Gasteiger partial charge in [-0.3, -0.25) is 0 Å². The predicted molar refractivity (Wildman–Crippen MR) is 12.2 cm³/mol. The van der Waals surface area contributed by atoms with Gasteiger partial charge in [0.05, 0.1) is 0 Å². The summed E-state index contributed by atoms with van der Waals surface area (Å²) in [5.41, 5.74) is 0. The quantitative estimate of drug-likeness (QED) is 0.306. The molecule has 0 saturated carbocycles. The number of hydrogen-bond donors (Lipinski definition) is 0. The van der Waals surface area contributed by atoms with Crippen molar-refractivity contribution in [3.63, 3.8) is 0 Å². The molecular formula is LiMgNaO3Si+2. The van der Waals surface area contributed by atoms with E-state index in [1.54, 1.807) is 0 Å². The first-order valence-corrected chi connectivity index (χ1v) is 1.84. The van der Waals surface area contributed by atoms with Crippen molar-refractivity contribution >= 4 is 32.2 Å². The van der Waals surface area contributed by atoms with E-state index in [-0.39, 0.29) is 71.5 Å². The molecule has 0 radical (unpaired) electrons. The minimum atomic E-state index is -3.63. The zero-order valence-corrected chi connectivity index (χ0v) is 8.85. The summed E-state index contributed by atoms with van der Waals surface area (Å²) in [6, 6.07) is 0. The standard InChI is InChI=1S/Li.Mg.Na.O3Si/c;;;1-4(2)3/q+1;+2;+1;-2. The first-order valence-electron chi connectivity index (χ1n) is 0.612. The van der Waals surface area contributed by atoms with Gasteiger partial charge >= 0.3 is 71.5 Å². The summed E-state index contributed by atoms with van der Waals surface area (Å²) < 4.78 is 8.52. The molecule has 0 unspecified atom stereocenters. The van der Waals surface area contributed by atoms with Crippen LogP contribution in [0.4, 0.5) is 0 Å². The van der Waals surface area contributed by atoms with Gasteiger partial charge < -0.3 is 14.1 Å². The van der Waals surface area contributed by atoms with E-state index in [1.807, 2.05) is 0 Å². The van der Waals surface area contributed by atoms with Crippen LogP contribution in [0.15, 0.2) is 0 Å². The van der Waals surface area contributed by atoms with E-state index >= 15 is 0 Å². The molecule has 0 fully saturated rings. The first-order chi connectivity index (χ1) is 1.73. The third kappa shape index (κ3) is 72.8. The van der Waals surface area contributed by atoms with Crippen LogP contribution in [0.1, 0.15) is 0 Å². The molecule has 0 aromatic heterocycles.